The van der Waals surface area contributed by atoms with Gasteiger partial charge in [-0.25, -0.2) is 22.9 Å². The average molecular weight is 489 g/mol. The molecule has 0 aromatic heterocycles. The Balaban J connectivity index is 1.48. The molecule has 1 heterocycles. The topological polar surface area (TPSA) is 117 Å². The highest BCUT2D eigenvalue weighted by Crippen LogP contribution is 2.14. The lowest BCUT2D eigenvalue weighted by molar-refractivity contribution is 0.0953. The van der Waals surface area contributed by atoms with Gasteiger partial charge in [0.05, 0.1) is 11.5 Å². The number of amides is 3. The highest BCUT2D eigenvalue weighted by atomic mass is 32.2. The van der Waals surface area contributed by atoms with Gasteiger partial charge in [0.15, 0.2) is 0 Å². The molecule has 2 aromatic rings. The van der Waals surface area contributed by atoms with E-state index in [9.17, 15) is 18.0 Å². The molecule has 3 rings (SSSR count). The predicted octanol–water partition coefficient (Wildman–Crippen LogP) is 2.84. The van der Waals surface area contributed by atoms with Gasteiger partial charge in [-0.2, -0.15) is 0 Å². The molecule has 10 heteroatoms. The van der Waals surface area contributed by atoms with Gasteiger partial charge in [0, 0.05) is 25.2 Å². The maximum atomic E-state index is 12.5. The molecule has 1 aliphatic heterocycles. The number of ether oxygens (including phenoxy) is 1. The van der Waals surface area contributed by atoms with E-state index in [2.05, 4.69) is 15.5 Å². The number of nitrogens with zero attached hydrogens (tertiary/aromatic N) is 1. The van der Waals surface area contributed by atoms with E-state index < -0.39 is 16.1 Å². The number of rotatable bonds is 9. The first-order valence-corrected chi connectivity index (χ1v) is 13.0. The summed E-state index contributed by atoms with van der Waals surface area (Å²) < 4.78 is 32.6. The Morgan fingerprint density at radius 3 is 2.38 bits per heavy atom. The largest absolute Gasteiger partial charge is 0.494 e. The summed E-state index contributed by atoms with van der Waals surface area (Å²) in [5, 5.41) is 4.60. The van der Waals surface area contributed by atoms with E-state index in [0.29, 0.717) is 44.0 Å². The second-order valence-corrected chi connectivity index (χ2v) is 9.74. The van der Waals surface area contributed by atoms with Gasteiger partial charge in [-0.15, -0.1) is 0 Å². The summed E-state index contributed by atoms with van der Waals surface area (Å²) in [4.78, 5) is 24.5. The molecule has 1 saturated heterocycles. The van der Waals surface area contributed by atoms with Crippen LogP contribution in [0, 0.1) is 0 Å². The molecular formula is C24H32N4O5S. The fourth-order valence-electron chi connectivity index (χ4n) is 3.68. The zero-order valence-corrected chi connectivity index (χ0v) is 20.2. The summed E-state index contributed by atoms with van der Waals surface area (Å²) in [5.41, 5.74) is 3.98. The third kappa shape index (κ3) is 7.74. The van der Waals surface area contributed by atoms with Crippen molar-refractivity contribution in [1.29, 1.82) is 0 Å². The van der Waals surface area contributed by atoms with Crippen molar-refractivity contribution >= 4 is 22.0 Å². The quantitative estimate of drug-likeness (QED) is 0.500. The highest BCUT2D eigenvalue weighted by Gasteiger charge is 2.19. The number of carbonyl (C=O) groups is 2. The summed E-state index contributed by atoms with van der Waals surface area (Å²) >= 11 is 0. The van der Waals surface area contributed by atoms with Crippen molar-refractivity contribution < 1.29 is 22.7 Å². The summed E-state index contributed by atoms with van der Waals surface area (Å²) in [6, 6.07) is 12.4. The van der Waals surface area contributed by atoms with Crippen molar-refractivity contribution in [3.05, 3.63) is 59.7 Å². The first-order valence-electron chi connectivity index (χ1n) is 11.6. The van der Waals surface area contributed by atoms with E-state index in [1.54, 1.807) is 41.4 Å². The van der Waals surface area contributed by atoms with Gasteiger partial charge in [-0.3, -0.25) is 10.2 Å². The first-order chi connectivity index (χ1) is 16.4. The summed E-state index contributed by atoms with van der Waals surface area (Å²) in [7, 11) is -3.99. The van der Waals surface area contributed by atoms with E-state index in [1.165, 1.54) is 12.1 Å². The van der Waals surface area contributed by atoms with E-state index in [1.807, 2.05) is 6.92 Å². The lowest BCUT2D eigenvalue weighted by Crippen LogP contribution is -2.49. The Morgan fingerprint density at radius 1 is 1.00 bits per heavy atom. The van der Waals surface area contributed by atoms with Crippen LogP contribution >= 0.6 is 0 Å². The van der Waals surface area contributed by atoms with Crippen LogP contribution < -0.4 is 20.2 Å². The molecular weight excluding hydrogens is 456 g/mol. The molecule has 0 aliphatic carbocycles. The zero-order valence-electron chi connectivity index (χ0n) is 19.4. The molecule has 0 atom stereocenters. The molecule has 3 N–H and O–H groups in total. The lowest BCUT2D eigenvalue weighted by Gasteiger charge is -2.20. The SMILES string of the molecule is CCOc1cccc(C(=O)NCCc2ccc(S(=O)(=O)NC(=O)NN3CCCCCC3)cc2)c1. The van der Waals surface area contributed by atoms with Crippen molar-refractivity contribution in [2.45, 2.75) is 43.9 Å². The number of urea groups is 1. The van der Waals surface area contributed by atoms with Crippen LogP contribution in [0.25, 0.3) is 0 Å². The minimum atomic E-state index is -3.99. The molecule has 184 valence electrons. The Morgan fingerprint density at radius 2 is 1.71 bits per heavy atom. The van der Waals surface area contributed by atoms with Crippen LogP contribution in [-0.4, -0.2) is 51.6 Å². The van der Waals surface area contributed by atoms with Crippen LogP contribution in [-0.2, 0) is 16.4 Å². The van der Waals surface area contributed by atoms with Crippen LogP contribution in [0.5, 0.6) is 5.75 Å². The number of hydrogen-bond acceptors (Lipinski definition) is 6. The summed E-state index contributed by atoms with van der Waals surface area (Å²) in [6.45, 7) is 4.20. The van der Waals surface area contributed by atoms with Gasteiger partial charge in [-0.1, -0.05) is 31.0 Å². The first kappa shape index (κ1) is 25.5. The lowest BCUT2D eigenvalue weighted by atomic mass is 10.1. The third-order valence-electron chi connectivity index (χ3n) is 5.43. The van der Waals surface area contributed by atoms with Crippen LogP contribution in [0.1, 0.15) is 48.5 Å². The maximum absolute atomic E-state index is 12.5. The Labute approximate surface area is 200 Å². The number of nitrogens with one attached hydrogen (secondary N) is 3. The molecule has 0 spiro atoms. The van der Waals surface area contributed by atoms with Crippen molar-refractivity contribution in [1.82, 2.24) is 20.5 Å². The molecule has 9 nitrogen and oxygen atoms in total. The van der Waals surface area contributed by atoms with Gasteiger partial charge in [0.2, 0.25) is 0 Å². The molecule has 0 bridgehead atoms. The van der Waals surface area contributed by atoms with Gasteiger partial charge >= 0.3 is 6.03 Å². The smallest absolute Gasteiger partial charge is 0.343 e. The number of hydrazine groups is 1. The normalized spacial score (nSPS) is 14.6. The monoisotopic (exact) mass is 488 g/mol. The Hall–Kier alpha value is -3.11. The van der Waals surface area contributed by atoms with Crippen molar-refractivity contribution in [3.63, 3.8) is 0 Å². The number of sulfonamides is 1. The molecule has 1 aliphatic rings. The third-order valence-corrected chi connectivity index (χ3v) is 6.78. The van der Waals surface area contributed by atoms with E-state index >= 15 is 0 Å². The van der Waals surface area contributed by atoms with Gasteiger partial charge < -0.3 is 10.1 Å². The van der Waals surface area contributed by atoms with Gasteiger partial charge in [0.25, 0.3) is 15.9 Å². The Kier molecular flexibility index (Phi) is 9.29. The average Bonchev–Trinajstić information content (AvgIpc) is 3.08. The predicted molar refractivity (Wildman–Crippen MR) is 129 cm³/mol. The number of hydrogen-bond donors (Lipinski definition) is 3. The minimum Gasteiger partial charge on any atom is -0.494 e. The molecule has 3 amide bonds. The molecule has 0 unspecified atom stereocenters. The van der Waals surface area contributed by atoms with Crippen molar-refractivity contribution in [3.8, 4) is 5.75 Å². The van der Waals surface area contributed by atoms with Crippen LogP contribution in [0.2, 0.25) is 0 Å². The second-order valence-electron chi connectivity index (χ2n) is 8.06. The highest BCUT2D eigenvalue weighted by molar-refractivity contribution is 7.90. The molecule has 0 radical (unpaired) electrons. The van der Waals surface area contributed by atoms with Crippen LogP contribution in [0.3, 0.4) is 0 Å². The van der Waals surface area contributed by atoms with Crippen LogP contribution in [0.4, 0.5) is 4.79 Å². The number of benzene rings is 2. The van der Waals surface area contributed by atoms with Crippen LogP contribution in [0.15, 0.2) is 53.4 Å². The maximum Gasteiger partial charge on any atom is 0.343 e. The fraction of sp³-hybridized carbons (Fsp3) is 0.417. The summed E-state index contributed by atoms with van der Waals surface area (Å²) in [5.74, 6) is 0.432. The van der Waals surface area contributed by atoms with Crippen molar-refractivity contribution in [2.75, 3.05) is 26.2 Å². The zero-order chi connectivity index (χ0) is 24.4. The van der Waals surface area contributed by atoms with E-state index in [0.717, 1.165) is 31.2 Å². The van der Waals surface area contributed by atoms with E-state index in [-0.39, 0.29) is 10.8 Å². The second kappa shape index (κ2) is 12.4. The van der Waals surface area contributed by atoms with E-state index in [4.69, 9.17) is 4.74 Å². The molecule has 0 saturated carbocycles. The summed E-state index contributed by atoms with van der Waals surface area (Å²) in [6.07, 6.45) is 4.67. The molecule has 1 fully saturated rings. The van der Waals surface area contributed by atoms with Gasteiger partial charge in [-0.05, 0) is 62.1 Å². The standard InChI is InChI=1S/C24H32N4O5S/c1-2-33-21-9-7-8-20(18-21)23(29)25-15-14-19-10-12-22(13-11-19)34(31,32)27-24(30)26-28-16-5-3-4-6-17-28/h7-13,18H,2-6,14-17H2,1H3,(H,25,29)(H2,26,27,30). The molecule has 2 aromatic carbocycles. The minimum absolute atomic E-state index is 0.000888. The fourth-order valence-corrected chi connectivity index (χ4v) is 4.58. The van der Waals surface area contributed by atoms with Gasteiger partial charge in [0.1, 0.15) is 5.75 Å². The van der Waals surface area contributed by atoms with Crippen molar-refractivity contribution in [2.24, 2.45) is 0 Å². The Bertz CT molecular complexity index is 1070. The molecule has 34 heavy (non-hydrogen) atoms. The number of carbonyl (C=O) groups excluding carboxylic acids is 2.